The highest BCUT2D eigenvalue weighted by atomic mass is 16.3. The van der Waals surface area contributed by atoms with E-state index in [0.717, 1.165) is 37.9 Å². The molecule has 1 heterocycles. The highest BCUT2D eigenvalue weighted by molar-refractivity contribution is 5.83. The lowest BCUT2D eigenvalue weighted by Crippen LogP contribution is -2.50. The van der Waals surface area contributed by atoms with Crippen LogP contribution in [-0.4, -0.2) is 24.1 Å². The molecule has 2 rings (SSSR count). The predicted molar refractivity (Wildman–Crippen MR) is 74.8 cm³/mol. The zero-order valence-corrected chi connectivity index (χ0v) is 11.4. The summed E-state index contributed by atoms with van der Waals surface area (Å²) in [7, 11) is 0. The van der Waals surface area contributed by atoms with E-state index in [0.29, 0.717) is 6.54 Å². The van der Waals surface area contributed by atoms with E-state index >= 15 is 0 Å². The van der Waals surface area contributed by atoms with Crippen LogP contribution in [0.3, 0.4) is 0 Å². The summed E-state index contributed by atoms with van der Waals surface area (Å²) in [4.78, 5) is 12.4. The topological polar surface area (TPSA) is 61.4 Å². The summed E-state index contributed by atoms with van der Waals surface area (Å²) in [6.45, 7) is 4.37. The van der Waals surface area contributed by atoms with E-state index in [9.17, 15) is 9.90 Å². The van der Waals surface area contributed by atoms with Crippen LogP contribution < -0.4 is 10.6 Å². The number of carbonyl (C=O) groups excluding carboxylic acids is 1. The van der Waals surface area contributed by atoms with Crippen LogP contribution in [0.25, 0.3) is 0 Å². The molecule has 0 spiro atoms. The molecular weight excluding hydrogens is 240 g/mol. The van der Waals surface area contributed by atoms with E-state index in [4.69, 9.17) is 0 Å². The summed E-state index contributed by atoms with van der Waals surface area (Å²) in [5.41, 5.74) is 0.746. The molecule has 0 saturated carbocycles. The van der Waals surface area contributed by atoms with Gasteiger partial charge in [0.15, 0.2) is 0 Å². The van der Waals surface area contributed by atoms with Crippen molar-refractivity contribution in [2.75, 3.05) is 13.1 Å². The second-order valence-electron chi connectivity index (χ2n) is 5.26. The summed E-state index contributed by atoms with van der Waals surface area (Å²) in [6.07, 6.45) is 2.87. The third-order valence-electron chi connectivity index (χ3n) is 4.02. The molecule has 0 aliphatic carbocycles. The largest absolute Gasteiger partial charge is 0.508 e. The van der Waals surface area contributed by atoms with Crippen LogP contribution >= 0.6 is 0 Å². The van der Waals surface area contributed by atoms with E-state index in [1.54, 1.807) is 12.1 Å². The second-order valence-corrected chi connectivity index (χ2v) is 5.26. The number of piperidine rings is 1. The highest BCUT2D eigenvalue weighted by Crippen LogP contribution is 2.30. The first kappa shape index (κ1) is 13.9. The Morgan fingerprint density at radius 2 is 2.16 bits per heavy atom. The molecule has 1 aliphatic heterocycles. The van der Waals surface area contributed by atoms with Gasteiger partial charge in [0.05, 0.1) is 5.41 Å². The molecule has 1 fully saturated rings. The Hall–Kier alpha value is -1.55. The van der Waals surface area contributed by atoms with Gasteiger partial charge < -0.3 is 15.7 Å². The van der Waals surface area contributed by atoms with E-state index < -0.39 is 0 Å². The minimum atomic E-state index is -0.255. The first-order valence-electron chi connectivity index (χ1n) is 6.93. The second kappa shape index (κ2) is 6.06. The molecule has 3 N–H and O–H groups in total. The third kappa shape index (κ3) is 3.26. The first-order chi connectivity index (χ1) is 9.16. The number of phenolic OH excluding ortho intramolecular Hbond substituents is 1. The van der Waals surface area contributed by atoms with Crippen LogP contribution in [0.5, 0.6) is 5.75 Å². The van der Waals surface area contributed by atoms with Crippen molar-refractivity contribution in [3.63, 3.8) is 0 Å². The van der Waals surface area contributed by atoms with Gasteiger partial charge in [0, 0.05) is 13.1 Å². The molecule has 1 unspecified atom stereocenters. The summed E-state index contributed by atoms with van der Waals surface area (Å²) >= 11 is 0. The average Bonchev–Trinajstić information content (AvgIpc) is 2.47. The number of amides is 1. The van der Waals surface area contributed by atoms with Crippen LogP contribution in [-0.2, 0) is 11.3 Å². The molecule has 0 radical (unpaired) electrons. The Kier molecular flexibility index (Phi) is 4.43. The molecule has 1 aromatic carbocycles. The molecular formula is C15H22N2O2. The van der Waals surface area contributed by atoms with Crippen LogP contribution in [0.15, 0.2) is 24.3 Å². The maximum atomic E-state index is 12.4. The molecule has 19 heavy (non-hydrogen) atoms. The van der Waals surface area contributed by atoms with Crippen LogP contribution in [0, 0.1) is 5.41 Å². The zero-order chi connectivity index (χ0) is 13.7. The molecule has 1 atom stereocenters. The number of hydrogen-bond acceptors (Lipinski definition) is 3. The van der Waals surface area contributed by atoms with Crippen molar-refractivity contribution in [1.82, 2.24) is 10.6 Å². The van der Waals surface area contributed by atoms with Gasteiger partial charge in [-0.3, -0.25) is 4.79 Å². The number of benzene rings is 1. The molecule has 104 valence electrons. The number of nitrogens with one attached hydrogen (secondary N) is 2. The van der Waals surface area contributed by atoms with Gasteiger partial charge >= 0.3 is 0 Å². The lowest BCUT2D eigenvalue weighted by Gasteiger charge is -2.35. The van der Waals surface area contributed by atoms with E-state index in [1.165, 1.54) is 0 Å². The lowest BCUT2D eigenvalue weighted by atomic mass is 9.77. The molecule has 1 aliphatic rings. The fraction of sp³-hybridized carbons (Fsp3) is 0.533. The summed E-state index contributed by atoms with van der Waals surface area (Å²) in [5.74, 6) is 0.381. The van der Waals surface area contributed by atoms with Crippen molar-refractivity contribution in [3.8, 4) is 5.75 Å². The zero-order valence-electron chi connectivity index (χ0n) is 11.4. The lowest BCUT2D eigenvalue weighted by molar-refractivity contribution is -0.132. The third-order valence-corrected chi connectivity index (χ3v) is 4.02. The van der Waals surface area contributed by atoms with Gasteiger partial charge in [-0.15, -0.1) is 0 Å². The van der Waals surface area contributed by atoms with Gasteiger partial charge in [0.1, 0.15) is 5.75 Å². The number of rotatable bonds is 4. The summed E-state index contributed by atoms with van der Waals surface area (Å²) < 4.78 is 0. The predicted octanol–water partition coefficient (Wildman–Crippen LogP) is 1.79. The van der Waals surface area contributed by atoms with E-state index in [2.05, 4.69) is 17.6 Å². The van der Waals surface area contributed by atoms with Crippen molar-refractivity contribution in [2.45, 2.75) is 32.7 Å². The fourth-order valence-electron chi connectivity index (χ4n) is 2.61. The van der Waals surface area contributed by atoms with Gasteiger partial charge in [-0.2, -0.15) is 0 Å². The average molecular weight is 262 g/mol. The monoisotopic (exact) mass is 262 g/mol. The van der Waals surface area contributed by atoms with Gasteiger partial charge in [-0.1, -0.05) is 19.1 Å². The van der Waals surface area contributed by atoms with Crippen molar-refractivity contribution < 1.29 is 9.90 Å². The highest BCUT2D eigenvalue weighted by Gasteiger charge is 2.37. The Morgan fingerprint density at radius 1 is 1.42 bits per heavy atom. The van der Waals surface area contributed by atoms with Gasteiger partial charge in [0.2, 0.25) is 5.91 Å². The Labute approximate surface area is 114 Å². The Morgan fingerprint density at radius 3 is 2.74 bits per heavy atom. The number of aromatic hydroxyl groups is 1. The van der Waals surface area contributed by atoms with Gasteiger partial charge in [-0.05, 0) is 43.5 Å². The first-order valence-corrected chi connectivity index (χ1v) is 6.93. The minimum absolute atomic E-state index is 0.135. The number of phenols is 1. The molecule has 1 aromatic rings. The van der Waals surface area contributed by atoms with Crippen molar-refractivity contribution in [2.24, 2.45) is 5.41 Å². The molecule has 4 heteroatoms. The van der Waals surface area contributed by atoms with Gasteiger partial charge in [-0.25, -0.2) is 0 Å². The maximum Gasteiger partial charge on any atom is 0.227 e. The molecule has 0 aromatic heterocycles. The fourth-order valence-corrected chi connectivity index (χ4v) is 2.61. The van der Waals surface area contributed by atoms with Crippen LogP contribution in [0.1, 0.15) is 31.7 Å². The smallest absolute Gasteiger partial charge is 0.227 e. The van der Waals surface area contributed by atoms with Crippen molar-refractivity contribution in [1.29, 1.82) is 0 Å². The van der Waals surface area contributed by atoms with Crippen molar-refractivity contribution in [3.05, 3.63) is 29.8 Å². The quantitative estimate of drug-likeness (QED) is 0.775. The van der Waals surface area contributed by atoms with Gasteiger partial charge in [0.25, 0.3) is 0 Å². The molecule has 0 bridgehead atoms. The molecule has 4 nitrogen and oxygen atoms in total. The van der Waals surface area contributed by atoms with E-state index in [1.807, 2.05) is 12.1 Å². The van der Waals surface area contributed by atoms with Crippen LogP contribution in [0.2, 0.25) is 0 Å². The maximum absolute atomic E-state index is 12.4. The number of carbonyl (C=O) groups is 1. The normalized spacial score (nSPS) is 23.0. The number of hydrogen-bond donors (Lipinski definition) is 3. The Balaban J connectivity index is 1.94. The van der Waals surface area contributed by atoms with Crippen LogP contribution in [0.4, 0.5) is 0 Å². The molecule has 1 amide bonds. The van der Waals surface area contributed by atoms with Crippen molar-refractivity contribution >= 4 is 5.91 Å². The molecule has 1 saturated heterocycles. The summed E-state index contributed by atoms with van der Waals surface area (Å²) in [5, 5.41) is 15.6. The minimum Gasteiger partial charge on any atom is -0.508 e. The van der Waals surface area contributed by atoms with E-state index in [-0.39, 0.29) is 17.1 Å². The SMILES string of the molecule is CCC1(C(=O)NCc2ccc(O)cc2)CCCNC1. The standard InChI is InChI=1S/C15H22N2O2/c1-2-15(8-3-9-16-11-15)14(19)17-10-12-4-6-13(18)7-5-12/h4-7,16,18H,2-3,8-11H2,1H3,(H,17,19). The summed E-state index contributed by atoms with van der Waals surface area (Å²) in [6, 6.07) is 6.93. The Bertz CT molecular complexity index is 422.